The number of hydrogen-bond acceptors (Lipinski definition) is 5. The van der Waals surface area contributed by atoms with Crippen molar-refractivity contribution in [3.05, 3.63) is 24.3 Å². The zero-order valence-corrected chi connectivity index (χ0v) is 15.9. The Morgan fingerprint density at radius 2 is 2.00 bits per heavy atom. The second-order valence-electron chi connectivity index (χ2n) is 8.15. The van der Waals surface area contributed by atoms with Crippen molar-refractivity contribution in [2.45, 2.75) is 38.2 Å². The molecule has 2 saturated heterocycles. The molecule has 2 aliphatic heterocycles. The number of primary amides is 1. The van der Waals surface area contributed by atoms with Crippen molar-refractivity contribution >= 4 is 11.6 Å². The summed E-state index contributed by atoms with van der Waals surface area (Å²) in [6.07, 6.45) is 3.22. The Hall–Kier alpha value is -1.79. The molecular weight excluding hydrogens is 330 g/mol. The van der Waals surface area contributed by atoms with E-state index in [1.54, 1.807) is 7.11 Å². The van der Waals surface area contributed by atoms with E-state index in [4.69, 9.17) is 10.5 Å². The highest BCUT2D eigenvalue weighted by molar-refractivity contribution is 5.80. The standard InChI is InChI=1S/C20H31N3O3/c1-19(18(21)24)7-4-10-22(14-19)15-20(25)8-11-23(12-9-20)16-5-3-6-17(13-16)26-2/h3,5-6,13,25H,4,7-12,14-15H2,1-2H3,(H2,21,24)/t19-/m1/s1. The van der Waals surface area contributed by atoms with Crippen molar-refractivity contribution in [1.29, 1.82) is 0 Å². The van der Waals surface area contributed by atoms with Gasteiger partial charge in [0.15, 0.2) is 0 Å². The average molecular weight is 361 g/mol. The average Bonchev–Trinajstić information content (AvgIpc) is 2.62. The van der Waals surface area contributed by atoms with E-state index in [0.29, 0.717) is 25.9 Å². The number of carbonyl (C=O) groups excluding carboxylic acids is 1. The number of piperidine rings is 2. The minimum atomic E-state index is -0.703. The minimum absolute atomic E-state index is 0.234. The van der Waals surface area contributed by atoms with E-state index in [1.165, 1.54) is 0 Å². The molecular formula is C20H31N3O3. The normalized spacial score (nSPS) is 26.5. The van der Waals surface area contributed by atoms with Crippen LogP contribution in [0.5, 0.6) is 5.75 Å². The van der Waals surface area contributed by atoms with Gasteiger partial charge in [0.05, 0.1) is 18.1 Å². The molecule has 3 N–H and O–H groups in total. The van der Waals surface area contributed by atoms with Gasteiger partial charge in [-0.3, -0.25) is 9.69 Å². The van der Waals surface area contributed by atoms with E-state index >= 15 is 0 Å². The molecule has 0 aromatic heterocycles. The number of likely N-dealkylation sites (tertiary alicyclic amines) is 1. The van der Waals surface area contributed by atoms with Crippen molar-refractivity contribution in [2.24, 2.45) is 11.1 Å². The van der Waals surface area contributed by atoms with Gasteiger partial charge in [0.2, 0.25) is 5.91 Å². The molecule has 2 fully saturated rings. The Bertz CT molecular complexity index is 643. The first-order valence-corrected chi connectivity index (χ1v) is 9.47. The second kappa shape index (κ2) is 7.45. The van der Waals surface area contributed by atoms with Crippen LogP contribution in [0.2, 0.25) is 0 Å². The second-order valence-corrected chi connectivity index (χ2v) is 8.15. The summed E-state index contributed by atoms with van der Waals surface area (Å²) in [5, 5.41) is 11.1. The molecule has 6 heteroatoms. The maximum atomic E-state index is 11.8. The molecule has 0 radical (unpaired) electrons. The lowest BCUT2D eigenvalue weighted by Gasteiger charge is -2.45. The maximum Gasteiger partial charge on any atom is 0.224 e. The predicted molar refractivity (Wildman–Crippen MR) is 102 cm³/mol. The number of nitrogens with two attached hydrogens (primary N) is 1. The molecule has 0 saturated carbocycles. The van der Waals surface area contributed by atoms with E-state index in [-0.39, 0.29) is 5.91 Å². The summed E-state index contributed by atoms with van der Waals surface area (Å²) in [5.74, 6) is 0.615. The van der Waals surface area contributed by atoms with Crippen LogP contribution in [0.4, 0.5) is 5.69 Å². The quantitative estimate of drug-likeness (QED) is 0.833. The third-order valence-corrected chi connectivity index (χ3v) is 6.00. The zero-order chi connectivity index (χ0) is 18.8. The van der Waals surface area contributed by atoms with E-state index in [2.05, 4.69) is 15.9 Å². The van der Waals surface area contributed by atoms with E-state index in [1.807, 2.05) is 25.1 Å². The number of carbonyl (C=O) groups is 1. The fourth-order valence-electron chi connectivity index (χ4n) is 4.24. The zero-order valence-electron chi connectivity index (χ0n) is 15.9. The number of nitrogens with zero attached hydrogens (tertiary/aromatic N) is 2. The Balaban J connectivity index is 1.58. The van der Waals surface area contributed by atoms with Crippen LogP contribution in [0.1, 0.15) is 32.6 Å². The predicted octanol–water partition coefficient (Wildman–Crippen LogP) is 1.61. The molecule has 1 amide bonds. The first kappa shape index (κ1) is 19.0. The van der Waals surface area contributed by atoms with Crippen LogP contribution < -0.4 is 15.4 Å². The summed E-state index contributed by atoms with van der Waals surface area (Å²) in [6, 6.07) is 8.05. The van der Waals surface area contributed by atoms with Crippen molar-refractivity contribution in [2.75, 3.05) is 44.7 Å². The molecule has 0 bridgehead atoms. The first-order chi connectivity index (χ1) is 12.3. The number of β-amino-alcohol motifs (C(OH)–C–C–N with tert-alkyl or cyclic N) is 1. The van der Waals surface area contributed by atoms with Crippen molar-refractivity contribution in [1.82, 2.24) is 4.90 Å². The Morgan fingerprint density at radius 3 is 2.65 bits per heavy atom. The van der Waals surface area contributed by atoms with Gasteiger partial charge in [-0.25, -0.2) is 0 Å². The van der Waals surface area contributed by atoms with Gasteiger partial charge in [0.1, 0.15) is 5.75 Å². The third-order valence-electron chi connectivity index (χ3n) is 6.00. The van der Waals surface area contributed by atoms with Gasteiger partial charge in [-0.2, -0.15) is 0 Å². The number of benzene rings is 1. The Kier molecular flexibility index (Phi) is 5.44. The van der Waals surface area contributed by atoms with E-state index < -0.39 is 11.0 Å². The van der Waals surface area contributed by atoms with Crippen LogP contribution in [-0.2, 0) is 4.79 Å². The summed E-state index contributed by atoms with van der Waals surface area (Å²) < 4.78 is 5.31. The molecule has 6 nitrogen and oxygen atoms in total. The number of ether oxygens (including phenoxy) is 1. The molecule has 144 valence electrons. The fourth-order valence-corrected chi connectivity index (χ4v) is 4.24. The number of methoxy groups -OCH3 is 1. The highest BCUT2D eigenvalue weighted by Crippen LogP contribution is 2.33. The lowest BCUT2D eigenvalue weighted by Crippen LogP contribution is -2.55. The van der Waals surface area contributed by atoms with Crippen LogP contribution in [0.15, 0.2) is 24.3 Å². The molecule has 1 atom stereocenters. The molecule has 1 aromatic carbocycles. The van der Waals surface area contributed by atoms with Crippen molar-refractivity contribution in [3.63, 3.8) is 0 Å². The topological polar surface area (TPSA) is 79.0 Å². The summed E-state index contributed by atoms with van der Waals surface area (Å²) in [4.78, 5) is 16.3. The molecule has 0 aliphatic carbocycles. The van der Waals surface area contributed by atoms with Gasteiger partial charge >= 0.3 is 0 Å². The highest BCUT2D eigenvalue weighted by Gasteiger charge is 2.40. The molecule has 0 spiro atoms. The molecule has 3 rings (SSSR count). The van der Waals surface area contributed by atoms with Gasteiger partial charge in [-0.15, -0.1) is 0 Å². The SMILES string of the molecule is COc1cccc(N2CCC(O)(CN3CCC[C@@](C)(C(N)=O)C3)CC2)c1. The molecule has 0 unspecified atom stereocenters. The number of anilines is 1. The van der Waals surface area contributed by atoms with Crippen molar-refractivity contribution in [3.8, 4) is 5.75 Å². The van der Waals surface area contributed by atoms with Gasteiger partial charge in [-0.1, -0.05) is 6.07 Å². The van der Waals surface area contributed by atoms with Gasteiger partial charge in [0.25, 0.3) is 0 Å². The summed E-state index contributed by atoms with van der Waals surface area (Å²) in [7, 11) is 1.67. The molecule has 2 aliphatic rings. The first-order valence-electron chi connectivity index (χ1n) is 9.47. The number of hydrogen-bond donors (Lipinski definition) is 2. The van der Waals surface area contributed by atoms with Crippen LogP contribution in [0.3, 0.4) is 0 Å². The third kappa shape index (κ3) is 4.13. The molecule has 26 heavy (non-hydrogen) atoms. The Morgan fingerprint density at radius 1 is 1.27 bits per heavy atom. The van der Waals surface area contributed by atoms with Gasteiger partial charge < -0.3 is 20.5 Å². The lowest BCUT2D eigenvalue weighted by molar-refractivity contribution is -0.131. The fraction of sp³-hybridized carbons (Fsp3) is 0.650. The summed E-state index contributed by atoms with van der Waals surface area (Å²) in [6.45, 7) is 5.74. The smallest absolute Gasteiger partial charge is 0.224 e. The van der Waals surface area contributed by atoms with Crippen LogP contribution in [-0.4, -0.2) is 61.3 Å². The van der Waals surface area contributed by atoms with E-state index in [0.717, 1.165) is 43.9 Å². The van der Waals surface area contributed by atoms with Crippen molar-refractivity contribution < 1.29 is 14.6 Å². The van der Waals surface area contributed by atoms with E-state index in [9.17, 15) is 9.90 Å². The van der Waals surface area contributed by atoms with Crippen LogP contribution in [0.25, 0.3) is 0 Å². The van der Waals surface area contributed by atoms with Crippen LogP contribution >= 0.6 is 0 Å². The van der Waals surface area contributed by atoms with Gasteiger partial charge in [-0.05, 0) is 51.3 Å². The lowest BCUT2D eigenvalue weighted by atomic mass is 9.80. The Labute approximate surface area is 155 Å². The maximum absolute atomic E-state index is 11.8. The molecule has 1 aromatic rings. The minimum Gasteiger partial charge on any atom is -0.497 e. The van der Waals surface area contributed by atoms with Gasteiger partial charge in [0, 0.05) is 37.9 Å². The highest BCUT2D eigenvalue weighted by atomic mass is 16.5. The largest absolute Gasteiger partial charge is 0.497 e. The number of aliphatic hydroxyl groups is 1. The molecule has 2 heterocycles. The van der Waals surface area contributed by atoms with Crippen LogP contribution in [0, 0.1) is 5.41 Å². The number of amides is 1. The number of rotatable bonds is 5. The monoisotopic (exact) mass is 361 g/mol. The summed E-state index contributed by atoms with van der Waals surface area (Å²) in [5.41, 5.74) is 5.54. The summed E-state index contributed by atoms with van der Waals surface area (Å²) >= 11 is 0.